The Morgan fingerprint density at radius 2 is 1.96 bits per heavy atom. The maximum absolute atomic E-state index is 12.5. The molecule has 0 aliphatic carbocycles. The molecule has 3 rings (SSSR count). The van der Waals surface area contributed by atoms with Crippen molar-refractivity contribution in [1.82, 2.24) is 9.97 Å². The highest BCUT2D eigenvalue weighted by atomic mass is 32.2. The largest absolute Gasteiger partial charge is 0.611 e. The van der Waals surface area contributed by atoms with Gasteiger partial charge in [0.2, 0.25) is 10.0 Å². The molecule has 0 spiro atoms. The van der Waals surface area contributed by atoms with Crippen molar-refractivity contribution in [2.24, 2.45) is 16.6 Å². The van der Waals surface area contributed by atoms with Crippen molar-refractivity contribution in [2.45, 2.75) is 9.79 Å². The van der Waals surface area contributed by atoms with Crippen LogP contribution in [-0.4, -0.2) is 41.1 Å². The standard InChI is InChI=1S/C16H19N7O3S2/c17-6-7-27(24)11-5-4-8(12(15(18)19)14(11)28(21,25)26)9-2-1-3-10-13(9)23-16(20)22-10/h1-5H,6-7,17H2,(H3,18,19)(H3,20,22,23)(H2,21,25,26). The third-order valence-corrected chi connectivity index (χ3v) is 6.61. The topological polar surface area (TPSA) is 214 Å². The van der Waals surface area contributed by atoms with Crippen molar-refractivity contribution in [3.8, 4) is 11.1 Å². The van der Waals surface area contributed by atoms with E-state index in [1.54, 1.807) is 24.3 Å². The molecule has 2 aromatic carbocycles. The van der Waals surface area contributed by atoms with Crippen LogP contribution in [0.3, 0.4) is 0 Å². The summed E-state index contributed by atoms with van der Waals surface area (Å²) in [6.45, 7) is 0.0839. The first kappa shape index (κ1) is 20.1. The van der Waals surface area contributed by atoms with Gasteiger partial charge in [-0.1, -0.05) is 12.1 Å². The zero-order valence-corrected chi connectivity index (χ0v) is 16.2. The second kappa shape index (κ2) is 7.41. The number of fused-ring (bicyclic) bond motifs is 1. The summed E-state index contributed by atoms with van der Waals surface area (Å²) in [6.07, 6.45) is 0. The number of rotatable bonds is 6. The fraction of sp³-hybridized carbons (Fsp3) is 0.125. The fourth-order valence-corrected chi connectivity index (χ4v) is 5.45. The van der Waals surface area contributed by atoms with Gasteiger partial charge in [0.05, 0.1) is 11.0 Å². The van der Waals surface area contributed by atoms with Crippen LogP contribution in [-0.2, 0) is 21.2 Å². The van der Waals surface area contributed by atoms with E-state index in [0.29, 0.717) is 22.2 Å². The Balaban J connectivity index is 2.42. The van der Waals surface area contributed by atoms with E-state index in [4.69, 9.17) is 27.7 Å². The molecule has 0 saturated heterocycles. The van der Waals surface area contributed by atoms with Crippen molar-refractivity contribution in [2.75, 3.05) is 18.0 Å². The lowest BCUT2D eigenvalue weighted by molar-refractivity contribution is 0.583. The van der Waals surface area contributed by atoms with Crippen LogP contribution in [0.5, 0.6) is 0 Å². The van der Waals surface area contributed by atoms with E-state index in [-0.39, 0.29) is 28.7 Å². The molecular weight excluding hydrogens is 402 g/mol. The number of aromatic amines is 1. The molecule has 10 nitrogen and oxygen atoms in total. The molecule has 148 valence electrons. The molecule has 0 amide bonds. The minimum Gasteiger partial charge on any atom is -0.611 e. The summed E-state index contributed by atoms with van der Waals surface area (Å²) in [6, 6.07) is 8.07. The summed E-state index contributed by atoms with van der Waals surface area (Å²) in [5.74, 6) is -0.319. The molecule has 1 heterocycles. The van der Waals surface area contributed by atoms with Crippen LogP contribution in [0.4, 0.5) is 5.95 Å². The summed E-state index contributed by atoms with van der Waals surface area (Å²) in [5.41, 5.74) is 18.7. The van der Waals surface area contributed by atoms with Crippen LogP contribution in [0.25, 0.3) is 22.2 Å². The number of nitrogens with two attached hydrogens (primary N) is 4. The number of anilines is 1. The Morgan fingerprint density at radius 3 is 2.57 bits per heavy atom. The number of aromatic nitrogens is 2. The maximum atomic E-state index is 12.5. The summed E-state index contributed by atoms with van der Waals surface area (Å²) >= 11 is -1.73. The Labute approximate surface area is 164 Å². The van der Waals surface area contributed by atoms with Crippen LogP contribution in [0, 0.1) is 5.41 Å². The molecular formula is C16H19N7O3S2. The predicted octanol–water partition coefficient (Wildman–Crippen LogP) is -0.190. The number of para-hydroxylation sites is 1. The molecule has 1 aromatic heterocycles. The highest BCUT2D eigenvalue weighted by Crippen LogP contribution is 2.36. The predicted molar refractivity (Wildman–Crippen MR) is 109 cm³/mol. The normalized spacial score (nSPS) is 13.0. The third kappa shape index (κ3) is 3.55. The number of nitrogens with zero attached hydrogens (tertiary/aromatic N) is 1. The Hall–Kier alpha value is -2.64. The number of hydrogen-bond acceptors (Lipinski definition) is 7. The van der Waals surface area contributed by atoms with Crippen LogP contribution in [0.15, 0.2) is 40.1 Å². The smallest absolute Gasteiger partial charge is 0.243 e. The van der Waals surface area contributed by atoms with Crippen molar-refractivity contribution in [3.05, 3.63) is 35.9 Å². The number of primary sulfonamides is 1. The molecule has 0 aliphatic heterocycles. The van der Waals surface area contributed by atoms with Gasteiger partial charge in [-0.25, -0.2) is 18.5 Å². The summed E-state index contributed by atoms with van der Waals surface area (Å²) in [7, 11) is -4.36. The van der Waals surface area contributed by atoms with Gasteiger partial charge in [-0.05, 0) is 34.9 Å². The fourth-order valence-electron chi connectivity index (χ4n) is 3.01. The minimum absolute atomic E-state index is 0.0336. The molecule has 28 heavy (non-hydrogen) atoms. The lowest BCUT2D eigenvalue weighted by Crippen LogP contribution is -2.26. The molecule has 0 fully saturated rings. The zero-order chi connectivity index (χ0) is 20.6. The van der Waals surface area contributed by atoms with E-state index in [0.717, 1.165) is 0 Å². The monoisotopic (exact) mass is 421 g/mol. The summed E-state index contributed by atoms with van der Waals surface area (Å²) in [4.78, 5) is 6.56. The summed E-state index contributed by atoms with van der Waals surface area (Å²) < 4.78 is 37.2. The molecule has 12 heteroatoms. The molecule has 1 unspecified atom stereocenters. The Bertz CT molecular complexity index is 1170. The number of amidine groups is 1. The molecule has 10 N–H and O–H groups in total. The SMILES string of the molecule is N=C(N)c1c(-c2cccc3nc(N)[nH]c23)ccc([S+]([O-])CCN)c1S(N)(=O)=O. The summed E-state index contributed by atoms with van der Waals surface area (Å²) in [5, 5.41) is 13.4. The number of hydrogen-bond donors (Lipinski definition) is 6. The van der Waals surface area contributed by atoms with Crippen LogP contribution >= 0.6 is 0 Å². The van der Waals surface area contributed by atoms with Gasteiger partial charge in [-0.2, -0.15) is 0 Å². The van der Waals surface area contributed by atoms with Gasteiger partial charge < -0.3 is 26.7 Å². The Kier molecular flexibility index (Phi) is 5.32. The van der Waals surface area contributed by atoms with E-state index < -0.39 is 31.9 Å². The number of imidazole rings is 1. The van der Waals surface area contributed by atoms with Gasteiger partial charge in [0.1, 0.15) is 16.5 Å². The average Bonchev–Trinajstić information content (AvgIpc) is 3.00. The van der Waals surface area contributed by atoms with Gasteiger partial charge in [-0.3, -0.25) is 5.41 Å². The maximum Gasteiger partial charge on any atom is 0.243 e. The second-order valence-electron chi connectivity index (χ2n) is 5.93. The van der Waals surface area contributed by atoms with E-state index in [1.165, 1.54) is 6.07 Å². The van der Waals surface area contributed by atoms with Gasteiger partial charge >= 0.3 is 0 Å². The van der Waals surface area contributed by atoms with Gasteiger partial charge in [0.25, 0.3) is 0 Å². The first-order chi connectivity index (χ1) is 13.1. The molecule has 0 radical (unpaired) electrons. The van der Waals surface area contributed by atoms with Crippen molar-refractivity contribution in [1.29, 1.82) is 5.41 Å². The second-order valence-corrected chi connectivity index (χ2v) is 8.97. The van der Waals surface area contributed by atoms with E-state index >= 15 is 0 Å². The molecule has 0 saturated carbocycles. The third-order valence-electron chi connectivity index (χ3n) is 4.05. The van der Waals surface area contributed by atoms with Crippen molar-refractivity contribution >= 4 is 44.0 Å². The molecule has 0 bridgehead atoms. The van der Waals surface area contributed by atoms with Gasteiger partial charge in [0, 0.05) is 17.7 Å². The van der Waals surface area contributed by atoms with Crippen LogP contribution in [0.1, 0.15) is 5.56 Å². The average molecular weight is 422 g/mol. The highest BCUT2D eigenvalue weighted by molar-refractivity contribution is 7.93. The lowest BCUT2D eigenvalue weighted by Gasteiger charge is -2.18. The van der Waals surface area contributed by atoms with Crippen molar-refractivity contribution in [3.63, 3.8) is 0 Å². The number of benzene rings is 2. The van der Waals surface area contributed by atoms with Gasteiger partial charge in [0.15, 0.2) is 10.8 Å². The van der Waals surface area contributed by atoms with Crippen molar-refractivity contribution < 1.29 is 13.0 Å². The number of nitrogens with one attached hydrogen (secondary N) is 2. The van der Waals surface area contributed by atoms with E-state index in [9.17, 15) is 13.0 Å². The number of H-pyrrole nitrogens is 1. The van der Waals surface area contributed by atoms with Crippen LogP contribution < -0.4 is 22.3 Å². The Morgan fingerprint density at radius 1 is 1.25 bits per heavy atom. The first-order valence-electron chi connectivity index (χ1n) is 8.02. The highest BCUT2D eigenvalue weighted by Gasteiger charge is 2.31. The van der Waals surface area contributed by atoms with E-state index in [2.05, 4.69) is 9.97 Å². The molecule has 0 aliphatic rings. The van der Waals surface area contributed by atoms with Crippen LogP contribution in [0.2, 0.25) is 0 Å². The minimum atomic E-state index is -4.36. The van der Waals surface area contributed by atoms with E-state index in [1.807, 2.05) is 0 Å². The first-order valence-corrected chi connectivity index (χ1v) is 10.9. The number of nitrogen functional groups attached to an aromatic ring is 2. The zero-order valence-electron chi connectivity index (χ0n) is 14.6. The number of sulfonamides is 1. The molecule has 3 aromatic rings. The lowest BCUT2D eigenvalue weighted by atomic mass is 9.97. The molecule has 1 atom stereocenters. The van der Waals surface area contributed by atoms with Gasteiger partial charge in [-0.15, -0.1) is 0 Å². The quantitative estimate of drug-likeness (QED) is 0.179.